The number of aliphatic imine (C=N–C) groups is 1. The van der Waals surface area contributed by atoms with E-state index in [1.807, 2.05) is 12.1 Å². The van der Waals surface area contributed by atoms with Crippen molar-refractivity contribution in [1.82, 2.24) is 10.6 Å². The molecule has 0 atom stereocenters. The summed E-state index contributed by atoms with van der Waals surface area (Å²) < 4.78 is 38.3. The predicted molar refractivity (Wildman–Crippen MR) is 98.3 cm³/mol. The van der Waals surface area contributed by atoms with Gasteiger partial charge in [0.1, 0.15) is 5.82 Å². The molecular weight excluding hydrogens is 343 g/mol. The molecule has 2 aromatic rings. The van der Waals surface area contributed by atoms with Gasteiger partial charge in [0.15, 0.2) is 5.96 Å². The van der Waals surface area contributed by atoms with Crippen LogP contribution in [0.25, 0.3) is 0 Å². The second-order valence-electron chi connectivity index (χ2n) is 5.44. The lowest BCUT2D eigenvalue weighted by molar-refractivity contribution is 0.606. The van der Waals surface area contributed by atoms with E-state index in [-0.39, 0.29) is 5.82 Å². The first-order valence-electron chi connectivity index (χ1n) is 7.62. The molecule has 0 amide bonds. The molecular formula is C17H21FN4O2S. The fourth-order valence-corrected chi connectivity index (χ4v) is 2.76. The van der Waals surface area contributed by atoms with Crippen LogP contribution in [0.4, 0.5) is 10.1 Å². The average Bonchev–Trinajstić information content (AvgIpc) is 2.56. The van der Waals surface area contributed by atoms with E-state index in [1.165, 1.54) is 12.1 Å². The average molecular weight is 364 g/mol. The van der Waals surface area contributed by atoms with Crippen molar-refractivity contribution in [3.8, 4) is 0 Å². The molecule has 0 saturated carbocycles. The van der Waals surface area contributed by atoms with Crippen molar-refractivity contribution in [2.45, 2.75) is 13.1 Å². The monoisotopic (exact) mass is 364 g/mol. The zero-order valence-electron chi connectivity index (χ0n) is 14.1. The standard InChI is InChI=1S/C17H21FN4O2S/c1-19-17(20-11-13-7-9-15(18)10-8-13)21-12-14-5-3-4-6-16(14)22-25(2,23)24/h3-10,22H,11-12H2,1-2H3,(H2,19,20,21). The number of sulfonamides is 1. The summed E-state index contributed by atoms with van der Waals surface area (Å²) in [5.74, 6) is 0.278. The molecule has 0 aliphatic carbocycles. The zero-order valence-corrected chi connectivity index (χ0v) is 14.9. The first kappa shape index (κ1) is 18.7. The van der Waals surface area contributed by atoms with Crippen LogP contribution < -0.4 is 15.4 Å². The minimum Gasteiger partial charge on any atom is -0.352 e. The van der Waals surface area contributed by atoms with Gasteiger partial charge in [0.25, 0.3) is 0 Å². The summed E-state index contributed by atoms with van der Waals surface area (Å²) in [6.07, 6.45) is 1.11. The number of guanidine groups is 1. The summed E-state index contributed by atoms with van der Waals surface area (Å²) in [5, 5.41) is 6.24. The molecule has 0 saturated heterocycles. The predicted octanol–water partition coefficient (Wildman–Crippen LogP) is 2.06. The van der Waals surface area contributed by atoms with Gasteiger partial charge in [-0.05, 0) is 29.3 Å². The third-order valence-corrected chi connectivity index (χ3v) is 3.95. The SMILES string of the molecule is CN=C(NCc1ccc(F)cc1)NCc1ccccc1NS(C)(=O)=O. The number of para-hydroxylation sites is 1. The van der Waals surface area contributed by atoms with Gasteiger partial charge in [0, 0.05) is 20.1 Å². The van der Waals surface area contributed by atoms with Gasteiger partial charge in [-0.1, -0.05) is 30.3 Å². The topological polar surface area (TPSA) is 82.6 Å². The lowest BCUT2D eigenvalue weighted by Crippen LogP contribution is -2.36. The van der Waals surface area contributed by atoms with Gasteiger partial charge in [-0.2, -0.15) is 0 Å². The molecule has 0 fully saturated rings. The van der Waals surface area contributed by atoms with E-state index < -0.39 is 10.0 Å². The van der Waals surface area contributed by atoms with Crippen molar-refractivity contribution in [1.29, 1.82) is 0 Å². The molecule has 0 aliphatic heterocycles. The summed E-state index contributed by atoms with van der Waals surface area (Å²) in [6.45, 7) is 0.880. The summed E-state index contributed by atoms with van der Waals surface area (Å²) >= 11 is 0. The molecule has 6 nitrogen and oxygen atoms in total. The molecule has 0 heterocycles. The molecule has 134 valence electrons. The van der Waals surface area contributed by atoms with Crippen LogP contribution in [0.2, 0.25) is 0 Å². The Kier molecular flexibility index (Phi) is 6.35. The molecule has 3 N–H and O–H groups in total. The fraction of sp³-hybridized carbons (Fsp3) is 0.235. The van der Waals surface area contributed by atoms with E-state index in [0.29, 0.717) is 24.7 Å². The third-order valence-electron chi connectivity index (χ3n) is 3.36. The summed E-state index contributed by atoms with van der Waals surface area (Å²) in [6, 6.07) is 13.3. The van der Waals surface area contributed by atoms with Gasteiger partial charge >= 0.3 is 0 Å². The van der Waals surface area contributed by atoms with Gasteiger partial charge in [-0.25, -0.2) is 12.8 Å². The van der Waals surface area contributed by atoms with E-state index in [1.54, 1.807) is 31.3 Å². The maximum absolute atomic E-state index is 12.9. The number of nitrogens with zero attached hydrogens (tertiary/aromatic N) is 1. The first-order chi connectivity index (χ1) is 11.9. The Labute approximate surface area is 147 Å². The zero-order chi connectivity index (χ0) is 18.3. The highest BCUT2D eigenvalue weighted by atomic mass is 32.2. The van der Waals surface area contributed by atoms with E-state index >= 15 is 0 Å². The van der Waals surface area contributed by atoms with Crippen LogP contribution in [-0.2, 0) is 23.1 Å². The number of nitrogens with one attached hydrogen (secondary N) is 3. The molecule has 0 radical (unpaired) electrons. The molecule has 2 aromatic carbocycles. The van der Waals surface area contributed by atoms with Crippen LogP contribution >= 0.6 is 0 Å². The summed E-state index contributed by atoms with van der Waals surface area (Å²) in [5.41, 5.74) is 2.23. The van der Waals surface area contributed by atoms with E-state index in [0.717, 1.165) is 17.4 Å². The van der Waals surface area contributed by atoms with Crippen LogP contribution in [0, 0.1) is 5.82 Å². The van der Waals surface area contributed by atoms with Gasteiger partial charge in [0.05, 0.1) is 11.9 Å². The number of benzene rings is 2. The second kappa shape index (κ2) is 8.48. The Morgan fingerprint density at radius 2 is 1.68 bits per heavy atom. The summed E-state index contributed by atoms with van der Waals surface area (Å²) in [4.78, 5) is 4.12. The highest BCUT2D eigenvalue weighted by molar-refractivity contribution is 7.92. The van der Waals surface area contributed by atoms with E-state index in [4.69, 9.17) is 0 Å². The lowest BCUT2D eigenvalue weighted by atomic mass is 10.2. The minimum atomic E-state index is -3.35. The molecule has 0 bridgehead atoms. The van der Waals surface area contributed by atoms with E-state index in [2.05, 4.69) is 20.3 Å². The van der Waals surface area contributed by atoms with Gasteiger partial charge in [-0.15, -0.1) is 0 Å². The lowest BCUT2D eigenvalue weighted by Gasteiger charge is -2.14. The number of rotatable bonds is 6. The third kappa shape index (κ3) is 6.42. The van der Waals surface area contributed by atoms with Gasteiger partial charge in [0.2, 0.25) is 10.0 Å². The molecule has 0 unspecified atom stereocenters. The number of anilines is 1. The van der Waals surface area contributed by atoms with Crippen molar-refractivity contribution >= 4 is 21.7 Å². The maximum Gasteiger partial charge on any atom is 0.229 e. The normalized spacial score (nSPS) is 11.9. The minimum absolute atomic E-state index is 0.277. The number of halogens is 1. The largest absolute Gasteiger partial charge is 0.352 e. The Hall–Kier alpha value is -2.61. The Morgan fingerprint density at radius 3 is 2.32 bits per heavy atom. The molecule has 2 rings (SSSR count). The smallest absolute Gasteiger partial charge is 0.229 e. The van der Waals surface area contributed by atoms with Crippen molar-refractivity contribution in [2.75, 3.05) is 18.0 Å². The Morgan fingerprint density at radius 1 is 1.04 bits per heavy atom. The van der Waals surface area contributed by atoms with Crippen molar-refractivity contribution in [3.05, 3.63) is 65.5 Å². The molecule has 25 heavy (non-hydrogen) atoms. The van der Waals surface area contributed by atoms with Crippen LogP contribution in [0.1, 0.15) is 11.1 Å². The highest BCUT2D eigenvalue weighted by Crippen LogP contribution is 2.15. The van der Waals surface area contributed by atoms with Crippen LogP contribution in [-0.4, -0.2) is 27.7 Å². The first-order valence-corrected chi connectivity index (χ1v) is 9.51. The number of hydrogen-bond donors (Lipinski definition) is 3. The van der Waals surface area contributed by atoms with Crippen LogP contribution in [0.3, 0.4) is 0 Å². The molecule has 0 aromatic heterocycles. The number of hydrogen-bond acceptors (Lipinski definition) is 3. The highest BCUT2D eigenvalue weighted by Gasteiger charge is 2.07. The summed E-state index contributed by atoms with van der Waals surface area (Å²) in [7, 11) is -1.71. The van der Waals surface area contributed by atoms with Crippen molar-refractivity contribution in [3.63, 3.8) is 0 Å². The molecule has 0 spiro atoms. The van der Waals surface area contributed by atoms with Crippen LogP contribution in [0.15, 0.2) is 53.5 Å². The quantitative estimate of drug-likeness (QED) is 0.541. The Bertz CT molecular complexity index is 836. The fourth-order valence-electron chi connectivity index (χ4n) is 2.16. The van der Waals surface area contributed by atoms with E-state index in [9.17, 15) is 12.8 Å². The van der Waals surface area contributed by atoms with Gasteiger partial charge in [-0.3, -0.25) is 9.71 Å². The Balaban J connectivity index is 1.96. The van der Waals surface area contributed by atoms with Crippen molar-refractivity contribution < 1.29 is 12.8 Å². The molecule has 8 heteroatoms. The van der Waals surface area contributed by atoms with Crippen LogP contribution in [0.5, 0.6) is 0 Å². The molecule has 0 aliphatic rings. The van der Waals surface area contributed by atoms with Gasteiger partial charge < -0.3 is 10.6 Å². The van der Waals surface area contributed by atoms with Crippen molar-refractivity contribution in [2.24, 2.45) is 4.99 Å². The second-order valence-corrected chi connectivity index (χ2v) is 7.19. The maximum atomic E-state index is 12.9.